The van der Waals surface area contributed by atoms with Crippen LogP contribution in [0.2, 0.25) is 0 Å². The van der Waals surface area contributed by atoms with E-state index >= 15 is 0 Å². The first-order valence-corrected chi connectivity index (χ1v) is 10.5. The Morgan fingerprint density at radius 1 is 1.14 bits per heavy atom. The van der Waals surface area contributed by atoms with Crippen molar-refractivity contribution in [2.45, 2.75) is 25.6 Å². The van der Waals surface area contributed by atoms with Crippen LogP contribution in [0.1, 0.15) is 35.3 Å². The van der Waals surface area contributed by atoms with Crippen LogP contribution in [0, 0.1) is 17.1 Å². The Labute approximate surface area is 203 Å². The van der Waals surface area contributed by atoms with Gasteiger partial charge in [0.25, 0.3) is 5.91 Å². The van der Waals surface area contributed by atoms with Crippen LogP contribution in [0.25, 0.3) is 0 Å². The smallest absolute Gasteiger partial charge is 0.417 e. The highest BCUT2D eigenvalue weighted by Gasteiger charge is 2.51. The lowest BCUT2D eigenvalue weighted by Crippen LogP contribution is -2.44. The van der Waals surface area contributed by atoms with E-state index in [1.165, 1.54) is 44.1 Å². The zero-order valence-electron chi connectivity index (χ0n) is 18.8. The van der Waals surface area contributed by atoms with Crippen LogP contribution in [0.15, 0.2) is 36.4 Å². The molecule has 0 N–H and O–H groups in total. The Kier molecular flexibility index (Phi) is 7.14. The number of hydrogen-bond donors (Lipinski definition) is 0. The zero-order valence-corrected chi connectivity index (χ0v) is 19.6. The third-order valence-electron chi connectivity index (χ3n) is 5.31. The summed E-state index contributed by atoms with van der Waals surface area (Å²) < 4.78 is 64.8. The maximum absolute atomic E-state index is 14.8. The van der Waals surface area contributed by atoms with Gasteiger partial charge in [0.2, 0.25) is 0 Å². The molecule has 0 aromatic heterocycles. The molecule has 1 aliphatic heterocycles. The number of carbonyl (C=O) groups excluding carboxylic acids is 2. The number of rotatable bonds is 6. The zero-order chi connectivity index (χ0) is 26.1. The largest absolute Gasteiger partial charge is 0.460 e. The lowest BCUT2D eigenvalue weighted by Gasteiger charge is -2.29. The van der Waals surface area contributed by atoms with Crippen molar-refractivity contribution in [2.75, 3.05) is 30.1 Å². The van der Waals surface area contributed by atoms with Crippen molar-refractivity contribution in [3.63, 3.8) is 0 Å². The van der Waals surface area contributed by atoms with Gasteiger partial charge < -0.3 is 14.4 Å². The first-order valence-electron chi connectivity index (χ1n) is 10.1. The Hall–Kier alpha value is -3.56. The average molecular weight is 509 g/mol. The van der Waals surface area contributed by atoms with Crippen LogP contribution in [0.4, 0.5) is 28.9 Å². The molecule has 0 unspecified atom stereocenters. The number of alkyl halides is 3. The van der Waals surface area contributed by atoms with Crippen molar-refractivity contribution in [1.82, 2.24) is 0 Å². The molecule has 0 aliphatic carbocycles. The summed E-state index contributed by atoms with van der Waals surface area (Å²) in [4.78, 5) is 27.5. The van der Waals surface area contributed by atoms with Gasteiger partial charge in [-0.1, -0.05) is 0 Å². The number of hydrogen-bond acceptors (Lipinski definition) is 6. The molecule has 7 nitrogen and oxygen atoms in total. The molecule has 35 heavy (non-hydrogen) atoms. The normalized spacial score (nSPS) is 15.4. The molecule has 0 bridgehead atoms. The lowest BCUT2D eigenvalue weighted by atomic mass is 10.0. The number of ether oxygens (including phenoxy) is 2. The summed E-state index contributed by atoms with van der Waals surface area (Å²) in [5.41, 5.74) is -3.67. The van der Waals surface area contributed by atoms with Gasteiger partial charge in [-0.15, -0.1) is 0 Å². The van der Waals surface area contributed by atoms with Gasteiger partial charge in [-0.25, -0.2) is 9.18 Å². The second-order valence-electron chi connectivity index (χ2n) is 7.95. The third-order valence-corrected chi connectivity index (χ3v) is 5.67. The predicted molar refractivity (Wildman–Crippen MR) is 121 cm³/mol. The van der Waals surface area contributed by atoms with Crippen LogP contribution in [0.3, 0.4) is 0 Å². The van der Waals surface area contributed by atoms with Gasteiger partial charge >= 0.3 is 12.1 Å². The molecule has 2 aromatic carbocycles. The van der Waals surface area contributed by atoms with Crippen molar-refractivity contribution >= 4 is 40.6 Å². The fourth-order valence-electron chi connectivity index (χ4n) is 3.56. The van der Waals surface area contributed by atoms with E-state index < -0.39 is 40.5 Å². The van der Waals surface area contributed by atoms with Crippen molar-refractivity contribution in [3.05, 3.63) is 58.9 Å². The number of anilines is 2. The van der Waals surface area contributed by atoms with Crippen molar-refractivity contribution in [1.29, 1.82) is 5.26 Å². The molecule has 0 saturated carbocycles. The van der Waals surface area contributed by atoms with E-state index in [0.717, 1.165) is 23.1 Å². The number of nitriles is 1. The number of esters is 1. The minimum Gasteiger partial charge on any atom is -0.460 e. The molecule has 3 rings (SSSR count). The highest BCUT2D eigenvalue weighted by molar-refractivity contribution is 7.81. The highest BCUT2D eigenvalue weighted by Crippen LogP contribution is 2.39. The SMILES string of the molecule is COCCOC(=O)c1ccc(N2C(=S)N(c3ccc(C#N)c(C(F)(F)F)c3)C(=O)C2(C)C)cc1F. The molecule has 1 amide bonds. The van der Waals surface area contributed by atoms with Gasteiger partial charge in [-0.05, 0) is 62.5 Å². The summed E-state index contributed by atoms with van der Waals surface area (Å²) in [7, 11) is 1.41. The summed E-state index contributed by atoms with van der Waals surface area (Å²) in [5.74, 6) is -2.51. The maximum Gasteiger partial charge on any atom is 0.417 e. The standard InChI is InChI=1S/C23H19F4N3O4S/c1-22(2)20(32)29(14-5-4-13(12-28)17(10-14)23(25,26)27)21(35)30(22)15-6-7-16(18(24)11-15)19(31)34-9-8-33-3/h4-7,10-11H,8-9H2,1-3H3. The highest BCUT2D eigenvalue weighted by atomic mass is 32.1. The second kappa shape index (κ2) is 9.59. The van der Waals surface area contributed by atoms with Crippen LogP contribution >= 0.6 is 12.2 Å². The van der Waals surface area contributed by atoms with E-state index in [1.54, 1.807) is 0 Å². The van der Waals surface area contributed by atoms with Crippen LogP contribution in [0.5, 0.6) is 0 Å². The maximum atomic E-state index is 14.8. The first-order chi connectivity index (χ1) is 16.3. The molecule has 1 aliphatic rings. The number of nitrogens with zero attached hydrogens (tertiary/aromatic N) is 3. The molecule has 0 spiro atoms. The number of halogens is 4. The van der Waals surface area contributed by atoms with Gasteiger partial charge in [0.1, 0.15) is 18.0 Å². The van der Waals surface area contributed by atoms with E-state index in [0.29, 0.717) is 6.07 Å². The molecular weight excluding hydrogens is 490 g/mol. The van der Waals surface area contributed by atoms with Gasteiger partial charge in [-0.2, -0.15) is 18.4 Å². The van der Waals surface area contributed by atoms with E-state index in [-0.39, 0.29) is 35.3 Å². The minimum atomic E-state index is -4.84. The summed E-state index contributed by atoms with van der Waals surface area (Å²) in [5, 5.41) is 8.82. The van der Waals surface area contributed by atoms with Crippen molar-refractivity contribution in [2.24, 2.45) is 0 Å². The van der Waals surface area contributed by atoms with E-state index in [2.05, 4.69) is 0 Å². The molecular formula is C23H19F4N3O4S. The molecule has 12 heteroatoms. The topological polar surface area (TPSA) is 82.9 Å². The summed E-state index contributed by atoms with van der Waals surface area (Å²) in [6.07, 6.45) is -4.84. The number of thiocarbonyl (C=S) groups is 1. The number of carbonyl (C=O) groups is 2. The number of benzene rings is 2. The monoisotopic (exact) mass is 509 g/mol. The Balaban J connectivity index is 1.99. The molecule has 2 aromatic rings. The Bertz CT molecular complexity index is 1240. The van der Waals surface area contributed by atoms with Crippen LogP contribution in [-0.4, -0.2) is 42.9 Å². The van der Waals surface area contributed by atoms with Crippen LogP contribution < -0.4 is 9.80 Å². The number of methoxy groups -OCH3 is 1. The third kappa shape index (κ3) is 4.82. The lowest BCUT2D eigenvalue weighted by molar-refractivity contribution is -0.137. The van der Waals surface area contributed by atoms with Crippen LogP contribution in [-0.2, 0) is 20.4 Å². The van der Waals surface area contributed by atoms with E-state index in [4.69, 9.17) is 27.0 Å². The van der Waals surface area contributed by atoms with Gasteiger partial charge in [0, 0.05) is 12.8 Å². The number of amides is 1. The minimum absolute atomic E-state index is 0.0757. The molecule has 1 saturated heterocycles. The quantitative estimate of drug-likeness (QED) is 0.247. The molecule has 0 atom stereocenters. The van der Waals surface area contributed by atoms with Gasteiger partial charge in [0.05, 0.1) is 35.1 Å². The van der Waals surface area contributed by atoms with Gasteiger partial charge in [0.15, 0.2) is 5.11 Å². The predicted octanol–water partition coefficient (Wildman–Crippen LogP) is 4.44. The molecule has 184 valence electrons. The van der Waals surface area contributed by atoms with Crippen molar-refractivity contribution in [3.8, 4) is 6.07 Å². The Morgan fingerprint density at radius 3 is 2.37 bits per heavy atom. The van der Waals surface area contributed by atoms with Gasteiger partial charge in [-0.3, -0.25) is 9.69 Å². The fourth-order valence-corrected chi connectivity index (χ4v) is 4.09. The molecule has 0 radical (unpaired) electrons. The Morgan fingerprint density at radius 2 is 1.80 bits per heavy atom. The average Bonchev–Trinajstić information content (AvgIpc) is 2.96. The van der Waals surface area contributed by atoms with Crippen molar-refractivity contribution < 1.29 is 36.6 Å². The molecule has 1 heterocycles. The summed E-state index contributed by atoms with van der Waals surface area (Å²) in [6, 6.07) is 7.77. The second-order valence-corrected chi connectivity index (χ2v) is 8.32. The summed E-state index contributed by atoms with van der Waals surface area (Å²) in [6.45, 7) is 3.00. The first kappa shape index (κ1) is 26.1. The summed E-state index contributed by atoms with van der Waals surface area (Å²) >= 11 is 5.41. The van der Waals surface area contributed by atoms with E-state index in [1.807, 2.05) is 0 Å². The van der Waals surface area contributed by atoms with E-state index in [9.17, 15) is 27.2 Å². The molecule has 1 fully saturated rings. The fraction of sp³-hybridized carbons (Fsp3) is 0.304.